The van der Waals surface area contributed by atoms with Gasteiger partial charge in [-0.3, -0.25) is 4.79 Å². The standard InChI is InChI=1S/C15H27NO2/c1-6-7-8-14(17)16-11-10-15(4,5)18-12-9-13(2)3/h1,13H,7-12H2,2-5H3,(H,16,17). The fourth-order valence-electron chi connectivity index (χ4n) is 1.42. The zero-order valence-corrected chi connectivity index (χ0v) is 12.2. The largest absolute Gasteiger partial charge is 0.375 e. The number of amides is 1. The third kappa shape index (κ3) is 10.2. The van der Waals surface area contributed by atoms with E-state index in [0.29, 0.717) is 25.3 Å². The van der Waals surface area contributed by atoms with Gasteiger partial charge in [0.15, 0.2) is 0 Å². The Kier molecular flexibility index (Phi) is 8.49. The first-order valence-electron chi connectivity index (χ1n) is 6.71. The first-order chi connectivity index (χ1) is 8.37. The second-order valence-electron chi connectivity index (χ2n) is 5.59. The van der Waals surface area contributed by atoms with Gasteiger partial charge in [-0.1, -0.05) is 13.8 Å². The Bertz CT molecular complexity index is 277. The second kappa shape index (κ2) is 8.99. The van der Waals surface area contributed by atoms with E-state index in [4.69, 9.17) is 11.2 Å². The quantitative estimate of drug-likeness (QED) is 0.642. The summed E-state index contributed by atoms with van der Waals surface area (Å²) in [6.07, 6.45) is 7.89. The van der Waals surface area contributed by atoms with Crippen LogP contribution in [0.5, 0.6) is 0 Å². The van der Waals surface area contributed by atoms with Crippen LogP contribution in [0.1, 0.15) is 53.4 Å². The van der Waals surface area contributed by atoms with Crippen molar-refractivity contribution in [2.45, 2.75) is 59.0 Å². The van der Waals surface area contributed by atoms with Gasteiger partial charge >= 0.3 is 0 Å². The first-order valence-corrected chi connectivity index (χ1v) is 6.71. The van der Waals surface area contributed by atoms with Crippen molar-refractivity contribution in [3.63, 3.8) is 0 Å². The lowest BCUT2D eigenvalue weighted by atomic mass is 10.0. The van der Waals surface area contributed by atoms with Crippen LogP contribution in [-0.4, -0.2) is 24.7 Å². The Labute approximate surface area is 112 Å². The molecule has 0 aromatic heterocycles. The molecule has 0 unspecified atom stereocenters. The minimum atomic E-state index is -0.186. The van der Waals surface area contributed by atoms with Gasteiger partial charge in [0, 0.05) is 26.0 Å². The highest BCUT2D eigenvalue weighted by molar-refractivity contribution is 5.76. The van der Waals surface area contributed by atoms with E-state index in [2.05, 4.69) is 38.9 Å². The fourth-order valence-corrected chi connectivity index (χ4v) is 1.42. The molecule has 0 saturated heterocycles. The van der Waals surface area contributed by atoms with Crippen LogP contribution in [0.3, 0.4) is 0 Å². The van der Waals surface area contributed by atoms with Crippen LogP contribution in [0.4, 0.5) is 0 Å². The molecule has 0 saturated carbocycles. The summed E-state index contributed by atoms with van der Waals surface area (Å²) in [6, 6.07) is 0. The summed E-state index contributed by atoms with van der Waals surface area (Å²) in [4.78, 5) is 11.3. The number of carbonyl (C=O) groups excluding carboxylic acids is 1. The number of hydrogen-bond donors (Lipinski definition) is 1. The molecule has 3 heteroatoms. The lowest BCUT2D eigenvalue weighted by molar-refractivity contribution is -0.121. The molecular formula is C15H27NO2. The maximum Gasteiger partial charge on any atom is 0.220 e. The fraction of sp³-hybridized carbons (Fsp3) is 0.800. The number of ether oxygens (including phenoxy) is 1. The average Bonchev–Trinajstić information content (AvgIpc) is 2.25. The molecular weight excluding hydrogens is 226 g/mol. The molecule has 0 aliphatic rings. The van der Waals surface area contributed by atoms with Crippen molar-refractivity contribution in [1.29, 1.82) is 0 Å². The summed E-state index contributed by atoms with van der Waals surface area (Å²) >= 11 is 0. The predicted molar refractivity (Wildman–Crippen MR) is 75.2 cm³/mol. The van der Waals surface area contributed by atoms with Crippen LogP contribution >= 0.6 is 0 Å². The van der Waals surface area contributed by atoms with Crippen molar-refractivity contribution in [3.8, 4) is 12.3 Å². The molecule has 0 fully saturated rings. The van der Waals surface area contributed by atoms with Crippen molar-refractivity contribution in [2.75, 3.05) is 13.2 Å². The molecule has 0 atom stereocenters. The van der Waals surface area contributed by atoms with Gasteiger partial charge in [-0.15, -0.1) is 12.3 Å². The zero-order valence-electron chi connectivity index (χ0n) is 12.2. The number of nitrogens with one attached hydrogen (secondary N) is 1. The molecule has 104 valence electrons. The normalized spacial score (nSPS) is 11.3. The summed E-state index contributed by atoms with van der Waals surface area (Å²) in [5.41, 5.74) is -0.186. The molecule has 0 heterocycles. The number of terminal acetylenes is 1. The van der Waals surface area contributed by atoms with Gasteiger partial charge in [0.25, 0.3) is 0 Å². The van der Waals surface area contributed by atoms with Gasteiger partial charge < -0.3 is 10.1 Å². The lowest BCUT2D eigenvalue weighted by Crippen LogP contribution is -2.33. The minimum absolute atomic E-state index is 0.0194. The first kappa shape index (κ1) is 17.0. The predicted octanol–water partition coefficient (Wildman–Crippen LogP) is 2.75. The Morgan fingerprint density at radius 2 is 2.11 bits per heavy atom. The molecule has 0 aromatic carbocycles. The van der Waals surface area contributed by atoms with Gasteiger partial charge in [-0.05, 0) is 32.6 Å². The van der Waals surface area contributed by atoms with Crippen LogP contribution in [0.25, 0.3) is 0 Å². The summed E-state index contributed by atoms with van der Waals surface area (Å²) in [5.74, 6) is 3.13. The summed E-state index contributed by atoms with van der Waals surface area (Å²) in [5, 5.41) is 2.86. The highest BCUT2D eigenvalue weighted by atomic mass is 16.5. The molecule has 0 rings (SSSR count). The molecule has 0 spiro atoms. The van der Waals surface area contributed by atoms with Crippen molar-refractivity contribution >= 4 is 5.91 Å². The van der Waals surface area contributed by atoms with Crippen LogP contribution in [0.2, 0.25) is 0 Å². The monoisotopic (exact) mass is 253 g/mol. The molecule has 1 N–H and O–H groups in total. The summed E-state index contributed by atoms with van der Waals surface area (Å²) < 4.78 is 5.82. The SMILES string of the molecule is C#CCCC(=O)NCCC(C)(C)OCCC(C)C. The molecule has 0 aliphatic heterocycles. The highest BCUT2D eigenvalue weighted by Gasteiger charge is 2.18. The third-order valence-corrected chi connectivity index (χ3v) is 2.73. The molecule has 18 heavy (non-hydrogen) atoms. The van der Waals surface area contributed by atoms with Crippen molar-refractivity contribution in [1.82, 2.24) is 5.32 Å². The lowest BCUT2D eigenvalue weighted by Gasteiger charge is -2.26. The Hall–Kier alpha value is -1.01. The third-order valence-electron chi connectivity index (χ3n) is 2.73. The number of hydrogen-bond acceptors (Lipinski definition) is 2. The van der Waals surface area contributed by atoms with E-state index in [-0.39, 0.29) is 11.5 Å². The van der Waals surface area contributed by atoms with Crippen LogP contribution in [0.15, 0.2) is 0 Å². The van der Waals surface area contributed by atoms with E-state index in [1.165, 1.54) is 0 Å². The smallest absolute Gasteiger partial charge is 0.220 e. The molecule has 0 radical (unpaired) electrons. The minimum Gasteiger partial charge on any atom is -0.375 e. The van der Waals surface area contributed by atoms with Crippen LogP contribution in [-0.2, 0) is 9.53 Å². The van der Waals surface area contributed by atoms with E-state index >= 15 is 0 Å². The highest BCUT2D eigenvalue weighted by Crippen LogP contribution is 2.15. The van der Waals surface area contributed by atoms with Gasteiger partial charge in [0.05, 0.1) is 5.60 Å². The van der Waals surface area contributed by atoms with E-state index in [9.17, 15) is 4.79 Å². The van der Waals surface area contributed by atoms with Gasteiger partial charge in [0.1, 0.15) is 0 Å². The second-order valence-corrected chi connectivity index (χ2v) is 5.59. The molecule has 0 aromatic rings. The van der Waals surface area contributed by atoms with E-state index in [1.807, 2.05) is 0 Å². The summed E-state index contributed by atoms with van der Waals surface area (Å²) in [7, 11) is 0. The van der Waals surface area contributed by atoms with E-state index in [1.54, 1.807) is 0 Å². The van der Waals surface area contributed by atoms with Gasteiger partial charge in [-0.25, -0.2) is 0 Å². The number of rotatable bonds is 9. The topological polar surface area (TPSA) is 38.3 Å². The van der Waals surface area contributed by atoms with E-state index in [0.717, 1.165) is 19.4 Å². The van der Waals surface area contributed by atoms with Crippen molar-refractivity contribution in [3.05, 3.63) is 0 Å². The van der Waals surface area contributed by atoms with Crippen LogP contribution in [0, 0.1) is 18.3 Å². The molecule has 0 bridgehead atoms. The van der Waals surface area contributed by atoms with Gasteiger partial charge in [0.2, 0.25) is 5.91 Å². The maximum absolute atomic E-state index is 11.3. The molecule has 3 nitrogen and oxygen atoms in total. The Balaban J connectivity index is 3.69. The van der Waals surface area contributed by atoms with Crippen molar-refractivity contribution < 1.29 is 9.53 Å². The summed E-state index contributed by atoms with van der Waals surface area (Å²) in [6.45, 7) is 9.89. The van der Waals surface area contributed by atoms with E-state index < -0.39 is 0 Å². The van der Waals surface area contributed by atoms with Crippen molar-refractivity contribution in [2.24, 2.45) is 5.92 Å². The average molecular weight is 253 g/mol. The van der Waals surface area contributed by atoms with Crippen LogP contribution < -0.4 is 5.32 Å². The molecule has 1 amide bonds. The maximum atomic E-state index is 11.3. The van der Waals surface area contributed by atoms with Gasteiger partial charge in [-0.2, -0.15) is 0 Å². The zero-order chi connectivity index (χ0) is 14.0. The Morgan fingerprint density at radius 3 is 2.67 bits per heavy atom. The Morgan fingerprint density at radius 1 is 1.44 bits per heavy atom. The molecule has 0 aliphatic carbocycles. The number of carbonyl (C=O) groups is 1.